The number of nitro groups is 1. The largest absolute Gasteiger partial charge is 0.367 e. The van der Waals surface area contributed by atoms with Crippen molar-refractivity contribution < 1.29 is 14.8 Å². The molecule has 0 aromatic carbocycles. The monoisotopic (exact) mass is 200 g/mol. The summed E-state index contributed by atoms with van der Waals surface area (Å²) in [7, 11) is 0. The number of hydrogen-bond donors (Lipinski definition) is 1. The van der Waals surface area contributed by atoms with E-state index in [0.717, 1.165) is 0 Å². The van der Waals surface area contributed by atoms with Crippen LogP contribution in [0.1, 0.15) is 20.3 Å². The van der Waals surface area contributed by atoms with Gasteiger partial charge in [-0.15, -0.1) is 0 Å². The van der Waals surface area contributed by atoms with Crippen LogP contribution in [-0.2, 0) is 4.74 Å². The van der Waals surface area contributed by atoms with E-state index >= 15 is 0 Å². The third-order valence-corrected chi connectivity index (χ3v) is 2.40. The lowest BCUT2D eigenvalue weighted by molar-refractivity contribution is -0.501. The number of ether oxygens (including phenoxy) is 1. The SMILES string of the molecule is CC1(C#N)C[C@@](C)(C[N+](=O)[O-])OC1O. The number of aliphatic hydroxyl groups excluding tert-OH is 1. The van der Waals surface area contributed by atoms with Crippen LogP contribution in [0.4, 0.5) is 0 Å². The van der Waals surface area contributed by atoms with Crippen LogP contribution in [0.15, 0.2) is 0 Å². The second-order valence-electron chi connectivity index (χ2n) is 4.12. The smallest absolute Gasteiger partial charge is 0.232 e. The van der Waals surface area contributed by atoms with Gasteiger partial charge in [0.05, 0.1) is 6.07 Å². The number of aliphatic hydroxyl groups is 1. The molecule has 1 N–H and O–H groups in total. The minimum Gasteiger partial charge on any atom is -0.367 e. The van der Waals surface area contributed by atoms with Gasteiger partial charge in [0.1, 0.15) is 11.0 Å². The lowest BCUT2D eigenvalue weighted by Crippen LogP contribution is -2.33. The minimum absolute atomic E-state index is 0.165. The van der Waals surface area contributed by atoms with Crippen molar-refractivity contribution in [2.45, 2.75) is 32.2 Å². The molecular formula is C8H12N2O4. The Balaban J connectivity index is 2.81. The third kappa shape index (κ3) is 1.84. The maximum atomic E-state index is 10.3. The molecule has 1 heterocycles. The lowest BCUT2D eigenvalue weighted by Gasteiger charge is -2.17. The van der Waals surface area contributed by atoms with E-state index in [9.17, 15) is 15.2 Å². The van der Waals surface area contributed by atoms with Crippen molar-refractivity contribution >= 4 is 0 Å². The molecule has 6 nitrogen and oxygen atoms in total. The number of hydrogen-bond acceptors (Lipinski definition) is 5. The first-order valence-electron chi connectivity index (χ1n) is 4.20. The Kier molecular flexibility index (Phi) is 2.48. The summed E-state index contributed by atoms with van der Waals surface area (Å²) in [4.78, 5) is 9.82. The van der Waals surface area contributed by atoms with E-state index in [1.165, 1.54) is 13.8 Å². The Bertz CT molecular complexity index is 300. The van der Waals surface area contributed by atoms with Crippen LogP contribution in [0.5, 0.6) is 0 Å². The summed E-state index contributed by atoms with van der Waals surface area (Å²) < 4.78 is 5.06. The van der Waals surface area contributed by atoms with Gasteiger partial charge in [-0.3, -0.25) is 10.1 Å². The predicted octanol–water partition coefficient (Wildman–Crippen LogP) is 0.290. The fourth-order valence-electron chi connectivity index (χ4n) is 1.77. The van der Waals surface area contributed by atoms with Crippen molar-refractivity contribution in [1.29, 1.82) is 5.26 Å². The average molecular weight is 200 g/mol. The van der Waals surface area contributed by atoms with Gasteiger partial charge in [-0.2, -0.15) is 5.26 Å². The fraction of sp³-hybridized carbons (Fsp3) is 0.875. The molecule has 0 spiro atoms. The van der Waals surface area contributed by atoms with Crippen molar-refractivity contribution in [3.8, 4) is 6.07 Å². The molecule has 6 heteroatoms. The summed E-state index contributed by atoms with van der Waals surface area (Å²) in [5.41, 5.74) is -2.10. The zero-order chi connectivity index (χ0) is 11.0. The Morgan fingerprint density at radius 3 is 2.71 bits per heavy atom. The summed E-state index contributed by atoms with van der Waals surface area (Å²) in [5.74, 6) is 0. The molecule has 2 unspecified atom stereocenters. The van der Waals surface area contributed by atoms with Crippen LogP contribution in [0.2, 0.25) is 0 Å². The van der Waals surface area contributed by atoms with Crippen molar-refractivity contribution in [3.63, 3.8) is 0 Å². The molecule has 1 saturated heterocycles. The maximum Gasteiger partial charge on any atom is 0.232 e. The summed E-state index contributed by atoms with van der Waals surface area (Å²) in [6.45, 7) is 2.66. The van der Waals surface area contributed by atoms with E-state index in [1.54, 1.807) is 0 Å². The van der Waals surface area contributed by atoms with Crippen molar-refractivity contribution in [2.75, 3.05) is 6.54 Å². The zero-order valence-electron chi connectivity index (χ0n) is 8.06. The van der Waals surface area contributed by atoms with Gasteiger partial charge >= 0.3 is 0 Å². The Morgan fingerprint density at radius 1 is 1.79 bits per heavy atom. The number of rotatable bonds is 2. The molecule has 0 aromatic rings. The van der Waals surface area contributed by atoms with E-state index in [0.29, 0.717) is 0 Å². The molecule has 0 bridgehead atoms. The lowest BCUT2D eigenvalue weighted by atomic mass is 9.83. The van der Waals surface area contributed by atoms with Crippen molar-refractivity contribution in [1.82, 2.24) is 0 Å². The molecule has 78 valence electrons. The normalized spacial score (nSPS) is 42.0. The van der Waals surface area contributed by atoms with Gasteiger partial charge in [-0.25, -0.2) is 0 Å². The summed E-state index contributed by atoms with van der Waals surface area (Å²) in [5, 5.41) is 28.6. The molecule has 14 heavy (non-hydrogen) atoms. The van der Waals surface area contributed by atoms with E-state index in [-0.39, 0.29) is 6.42 Å². The van der Waals surface area contributed by atoms with Gasteiger partial charge in [0.25, 0.3) is 0 Å². The van der Waals surface area contributed by atoms with Gasteiger partial charge in [0.2, 0.25) is 6.54 Å². The Hall–Kier alpha value is -1.19. The van der Waals surface area contributed by atoms with Crippen molar-refractivity contribution in [3.05, 3.63) is 10.1 Å². The predicted molar refractivity (Wildman–Crippen MR) is 45.7 cm³/mol. The highest BCUT2D eigenvalue weighted by molar-refractivity contribution is 5.06. The molecule has 1 fully saturated rings. The second-order valence-corrected chi connectivity index (χ2v) is 4.12. The van der Waals surface area contributed by atoms with Crippen molar-refractivity contribution in [2.24, 2.45) is 5.41 Å². The van der Waals surface area contributed by atoms with Gasteiger partial charge < -0.3 is 9.84 Å². The second kappa shape index (κ2) is 3.19. The molecule has 0 amide bonds. The molecule has 0 aromatic heterocycles. The van der Waals surface area contributed by atoms with Gasteiger partial charge in [0, 0.05) is 11.3 Å². The first kappa shape index (κ1) is 10.9. The molecule has 1 rings (SSSR count). The number of nitrogens with zero attached hydrogens (tertiary/aromatic N) is 2. The standard InChI is InChI=1S/C8H12N2O4/c1-7(4-9)3-8(2,5-10(12)13)14-6(7)11/h6,11H,3,5H2,1-2H3/t6?,7?,8-/m0/s1. The minimum atomic E-state index is -1.25. The maximum absolute atomic E-state index is 10.3. The van der Waals surface area contributed by atoms with E-state index < -0.39 is 28.8 Å². The molecule has 1 aliphatic heterocycles. The highest BCUT2D eigenvalue weighted by atomic mass is 16.7. The van der Waals surface area contributed by atoms with Gasteiger partial charge in [-0.05, 0) is 13.8 Å². The van der Waals surface area contributed by atoms with E-state index in [4.69, 9.17) is 10.00 Å². The topological polar surface area (TPSA) is 96.4 Å². The van der Waals surface area contributed by atoms with Crippen LogP contribution in [0, 0.1) is 26.9 Å². The molecule has 3 atom stereocenters. The van der Waals surface area contributed by atoms with Crippen LogP contribution >= 0.6 is 0 Å². The summed E-state index contributed by atoms with van der Waals surface area (Å²) >= 11 is 0. The van der Waals surface area contributed by atoms with Gasteiger partial charge in [-0.1, -0.05) is 0 Å². The Morgan fingerprint density at radius 2 is 2.36 bits per heavy atom. The fourth-order valence-corrected chi connectivity index (χ4v) is 1.77. The molecule has 0 radical (unpaired) electrons. The quantitative estimate of drug-likeness (QED) is 0.510. The highest BCUT2D eigenvalue weighted by Gasteiger charge is 2.53. The van der Waals surface area contributed by atoms with Crippen LogP contribution in [0.3, 0.4) is 0 Å². The first-order chi connectivity index (χ1) is 6.31. The first-order valence-corrected chi connectivity index (χ1v) is 4.20. The summed E-state index contributed by atoms with van der Waals surface area (Å²) in [6, 6.07) is 1.92. The van der Waals surface area contributed by atoms with Crippen LogP contribution < -0.4 is 0 Å². The highest BCUT2D eigenvalue weighted by Crippen LogP contribution is 2.42. The Labute approximate surface area is 81.2 Å². The molecule has 0 saturated carbocycles. The van der Waals surface area contributed by atoms with E-state index in [2.05, 4.69) is 0 Å². The van der Waals surface area contributed by atoms with Crippen LogP contribution in [0.25, 0.3) is 0 Å². The third-order valence-electron chi connectivity index (χ3n) is 2.40. The molecule has 0 aliphatic carbocycles. The summed E-state index contributed by atoms with van der Waals surface area (Å²) in [6.07, 6.45) is -1.09. The van der Waals surface area contributed by atoms with E-state index in [1.807, 2.05) is 6.07 Å². The molecular weight excluding hydrogens is 188 g/mol. The number of nitriles is 1. The van der Waals surface area contributed by atoms with Crippen LogP contribution in [-0.4, -0.2) is 28.5 Å². The van der Waals surface area contributed by atoms with Gasteiger partial charge in [0.15, 0.2) is 6.29 Å². The molecule has 1 aliphatic rings. The average Bonchev–Trinajstić information content (AvgIpc) is 2.21. The zero-order valence-corrected chi connectivity index (χ0v) is 8.06.